The van der Waals surface area contributed by atoms with Gasteiger partial charge in [0, 0.05) is 5.69 Å². The maximum absolute atomic E-state index is 13.3. The van der Waals surface area contributed by atoms with Crippen LogP contribution in [0.25, 0.3) is 0 Å². The molecule has 0 saturated heterocycles. The highest BCUT2D eigenvalue weighted by atomic mass is 32.2. The van der Waals surface area contributed by atoms with E-state index in [1.807, 2.05) is 43.3 Å². The second-order valence-electron chi connectivity index (χ2n) is 6.81. The van der Waals surface area contributed by atoms with Gasteiger partial charge >= 0.3 is 0 Å². The smallest absolute Gasteiger partial charge is 0.269 e. The zero-order valence-corrected chi connectivity index (χ0v) is 16.2. The van der Waals surface area contributed by atoms with Gasteiger partial charge in [-0.1, -0.05) is 60.2 Å². The van der Waals surface area contributed by atoms with Crippen molar-refractivity contribution in [1.29, 1.82) is 0 Å². The number of para-hydroxylation sites is 1. The summed E-state index contributed by atoms with van der Waals surface area (Å²) in [4.78, 5) is 13.3. The molecule has 1 heterocycles. The number of amides is 1. The minimum Gasteiger partial charge on any atom is -0.376 e. The van der Waals surface area contributed by atoms with Gasteiger partial charge in [0.25, 0.3) is 15.9 Å². The van der Waals surface area contributed by atoms with Crippen molar-refractivity contribution in [2.75, 3.05) is 11.9 Å². The number of anilines is 1. The summed E-state index contributed by atoms with van der Waals surface area (Å²) in [5.41, 5.74) is 2.84. The molecule has 6 heteroatoms. The summed E-state index contributed by atoms with van der Waals surface area (Å²) < 4.78 is 27.6. The molecule has 1 amide bonds. The van der Waals surface area contributed by atoms with Crippen LogP contribution in [-0.2, 0) is 10.0 Å². The molecule has 1 aliphatic heterocycles. The molecule has 0 aromatic heterocycles. The van der Waals surface area contributed by atoms with Crippen molar-refractivity contribution in [3.05, 3.63) is 95.6 Å². The molecule has 28 heavy (non-hydrogen) atoms. The van der Waals surface area contributed by atoms with Crippen LogP contribution in [0.2, 0.25) is 0 Å². The number of rotatable bonds is 3. The predicted molar refractivity (Wildman–Crippen MR) is 109 cm³/mol. The molecule has 3 aromatic carbocycles. The van der Waals surface area contributed by atoms with Crippen LogP contribution in [0.15, 0.2) is 83.8 Å². The molecule has 4 rings (SSSR count). The second-order valence-corrected chi connectivity index (χ2v) is 8.67. The first-order valence-electron chi connectivity index (χ1n) is 9.01. The summed E-state index contributed by atoms with van der Waals surface area (Å²) in [5, 5.41) is 3.34. The summed E-state index contributed by atoms with van der Waals surface area (Å²) in [6.45, 7) is 1.90. The Morgan fingerprint density at radius 3 is 2.25 bits per heavy atom. The van der Waals surface area contributed by atoms with E-state index in [2.05, 4.69) is 5.32 Å². The number of aryl methyl sites for hydroxylation is 1. The number of carbonyl (C=O) groups excluding carboxylic acids is 1. The lowest BCUT2D eigenvalue weighted by Crippen LogP contribution is -2.39. The zero-order valence-electron chi connectivity index (χ0n) is 15.4. The Kier molecular flexibility index (Phi) is 4.65. The Bertz CT molecular complexity index is 1110. The number of sulfonamides is 1. The third-order valence-electron chi connectivity index (χ3n) is 4.87. The quantitative estimate of drug-likeness (QED) is 0.732. The zero-order chi connectivity index (χ0) is 19.7. The average Bonchev–Trinajstić information content (AvgIpc) is 2.86. The normalized spacial score (nSPS) is 16.8. The van der Waals surface area contributed by atoms with Gasteiger partial charge in [0.15, 0.2) is 0 Å². The van der Waals surface area contributed by atoms with E-state index in [1.54, 1.807) is 42.5 Å². The van der Waals surface area contributed by atoms with E-state index in [0.717, 1.165) is 15.4 Å². The predicted octanol–water partition coefficient (Wildman–Crippen LogP) is 3.99. The molecule has 3 aromatic rings. The maximum atomic E-state index is 13.3. The van der Waals surface area contributed by atoms with Crippen LogP contribution in [0.1, 0.15) is 27.5 Å². The number of benzene rings is 3. The lowest BCUT2D eigenvalue weighted by Gasteiger charge is -2.25. The van der Waals surface area contributed by atoms with E-state index < -0.39 is 15.9 Å². The van der Waals surface area contributed by atoms with Crippen molar-refractivity contribution in [3.8, 4) is 0 Å². The van der Waals surface area contributed by atoms with Crippen molar-refractivity contribution in [2.24, 2.45) is 0 Å². The highest BCUT2D eigenvalue weighted by Gasteiger charge is 2.36. The highest BCUT2D eigenvalue weighted by molar-refractivity contribution is 7.89. The molecule has 5 nitrogen and oxygen atoms in total. The molecule has 0 saturated carbocycles. The van der Waals surface area contributed by atoms with Crippen LogP contribution >= 0.6 is 0 Å². The third-order valence-corrected chi connectivity index (χ3v) is 6.64. The number of hydrogen-bond donors (Lipinski definition) is 1. The van der Waals surface area contributed by atoms with E-state index in [0.29, 0.717) is 11.3 Å². The molecule has 1 atom stereocenters. The molecule has 142 valence electrons. The van der Waals surface area contributed by atoms with Crippen LogP contribution in [0.4, 0.5) is 5.69 Å². The maximum Gasteiger partial charge on any atom is 0.269 e. The molecule has 0 fully saturated rings. The second kappa shape index (κ2) is 7.13. The largest absolute Gasteiger partial charge is 0.376 e. The molecular formula is C22H20N2O3S. The minimum absolute atomic E-state index is 0.00768. The van der Waals surface area contributed by atoms with E-state index in [-0.39, 0.29) is 17.5 Å². The van der Waals surface area contributed by atoms with Crippen LogP contribution < -0.4 is 5.32 Å². The Morgan fingerprint density at radius 1 is 0.893 bits per heavy atom. The topological polar surface area (TPSA) is 66.5 Å². The van der Waals surface area contributed by atoms with Gasteiger partial charge in [0.05, 0.1) is 23.0 Å². The number of nitrogens with one attached hydrogen (secondary N) is 1. The summed E-state index contributed by atoms with van der Waals surface area (Å²) >= 11 is 0. The van der Waals surface area contributed by atoms with Crippen LogP contribution in [0.3, 0.4) is 0 Å². The molecule has 1 aliphatic rings. The van der Waals surface area contributed by atoms with Crippen molar-refractivity contribution in [1.82, 2.24) is 4.31 Å². The van der Waals surface area contributed by atoms with Gasteiger partial charge in [-0.15, -0.1) is 0 Å². The van der Waals surface area contributed by atoms with Crippen molar-refractivity contribution >= 4 is 21.6 Å². The number of carbonyl (C=O) groups is 1. The minimum atomic E-state index is -3.99. The van der Waals surface area contributed by atoms with Crippen LogP contribution in [0, 0.1) is 6.92 Å². The Balaban J connectivity index is 1.83. The molecule has 0 spiro atoms. The van der Waals surface area contributed by atoms with Gasteiger partial charge in [0.1, 0.15) is 0 Å². The average molecular weight is 392 g/mol. The summed E-state index contributed by atoms with van der Waals surface area (Å²) in [5.74, 6) is -0.526. The highest BCUT2D eigenvalue weighted by Crippen LogP contribution is 2.31. The fourth-order valence-corrected chi connectivity index (χ4v) is 4.73. The molecule has 0 bridgehead atoms. The number of hydrogen-bond acceptors (Lipinski definition) is 4. The van der Waals surface area contributed by atoms with Crippen LogP contribution in [0.5, 0.6) is 0 Å². The molecule has 1 unspecified atom stereocenters. The van der Waals surface area contributed by atoms with Crippen molar-refractivity contribution in [2.45, 2.75) is 17.9 Å². The van der Waals surface area contributed by atoms with Crippen molar-refractivity contribution in [3.63, 3.8) is 0 Å². The monoisotopic (exact) mass is 392 g/mol. The van der Waals surface area contributed by atoms with Gasteiger partial charge in [-0.05, 0) is 36.8 Å². The fraction of sp³-hybridized carbons (Fsp3) is 0.136. The Morgan fingerprint density at radius 2 is 1.54 bits per heavy atom. The molecule has 0 aliphatic carbocycles. The van der Waals surface area contributed by atoms with E-state index in [1.165, 1.54) is 0 Å². The van der Waals surface area contributed by atoms with Crippen molar-refractivity contribution < 1.29 is 13.2 Å². The first kappa shape index (κ1) is 18.3. The Labute approximate surface area is 164 Å². The summed E-state index contributed by atoms with van der Waals surface area (Å²) in [7, 11) is -3.99. The van der Waals surface area contributed by atoms with Gasteiger partial charge in [0.2, 0.25) is 0 Å². The van der Waals surface area contributed by atoms with Gasteiger partial charge in [-0.2, -0.15) is 0 Å². The van der Waals surface area contributed by atoms with Gasteiger partial charge in [-0.3, -0.25) is 4.79 Å². The first-order valence-corrected chi connectivity index (χ1v) is 10.4. The van der Waals surface area contributed by atoms with E-state index >= 15 is 0 Å². The number of nitrogens with zero attached hydrogens (tertiary/aromatic N) is 1. The van der Waals surface area contributed by atoms with Gasteiger partial charge < -0.3 is 5.32 Å². The van der Waals surface area contributed by atoms with E-state index in [4.69, 9.17) is 0 Å². The summed E-state index contributed by atoms with van der Waals surface area (Å²) in [6, 6.07) is 22.7. The van der Waals surface area contributed by atoms with E-state index in [9.17, 15) is 13.2 Å². The fourth-order valence-electron chi connectivity index (χ4n) is 3.33. The number of fused-ring (bicyclic) bond motifs is 1. The first-order chi connectivity index (χ1) is 13.5. The van der Waals surface area contributed by atoms with Gasteiger partial charge in [-0.25, -0.2) is 12.7 Å². The molecule has 1 N–H and O–H groups in total. The molecular weight excluding hydrogens is 372 g/mol. The Hall–Kier alpha value is -3.12. The van der Waals surface area contributed by atoms with Crippen LogP contribution in [-0.4, -0.2) is 25.2 Å². The SMILES string of the molecule is Cc1ccc(S(=O)(=O)N2CC(c3ccccc3)Nc3ccccc3C2=O)cc1. The lowest BCUT2D eigenvalue weighted by atomic mass is 10.1. The third kappa shape index (κ3) is 3.27. The lowest BCUT2D eigenvalue weighted by molar-refractivity contribution is 0.0863. The molecule has 0 radical (unpaired) electrons. The summed E-state index contributed by atoms with van der Waals surface area (Å²) in [6.07, 6.45) is 0. The standard InChI is InChI=1S/C22H20N2O3S/c1-16-11-13-18(14-12-16)28(26,27)24-15-21(17-7-3-2-4-8-17)23-20-10-6-5-9-19(20)22(24)25/h2-14,21,23H,15H2,1H3.